The summed E-state index contributed by atoms with van der Waals surface area (Å²) < 4.78 is 12.4. The van der Waals surface area contributed by atoms with Gasteiger partial charge in [0.2, 0.25) is 5.91 Å². The lowest BCUT2D eigenvalue weighted by molar-refractivity contribution is -0.126. The largest absolute Gasteiger partial charge is 0.497 e. The van der Waals surface area contributed by atoms with Crippen LogP contribution in [0.4, 0.5) is 5.69 Å². The average molecular weight is 543 g/mol. The Morgan fingerprint density at radius 3 is 2.51 bits per heavy atom. The van der Waals surface area contributed by atoms with Crippen molar-refractivity contribution in [3.63, 3.8) is 0 Å². The molecule has 8 nitrogen and oxygen atoms in total. The van der Waals surface area contributed by atoms with Crippen molar-refractivity contribution in [1.29, 1.82) is 0 Å². The van der Waals surface area contributed by atoms with E-state index in [1.165, 1.54) is 0 Å². The highest BCUT2D eigenvalue weighted by atomic mass is 32.2. The number of aromatic nitrogens is 2. The molecule has 2 heterocycles. The molecule has 1 atom stereocenters. The van der Waals surface area contributed by atoms with Crippen LogP contribution in [0.2, 0.25) is 0 Å². The van der Waals surface area contributed by atoms with Crippen molar-refractivity contribution >= 4 is 29.3 Å². The number of anilines is 1. The first kappa shape index (κ1) is 26.4. The van der Waals surface area contributed by atoms with E-state index < -0.39 is 5.54 Å². The van der Waals surface area contributed by atoms with Crippen molar-refractivity contribution in [2.24, 2.45) is 0 Å². The lowest BCUT2D eigenvalue weighted by atomic mass is 9.93. The van der Waals surface area contributed by atoms with Gasteiger partial charge in [-0.25, -0.2) is 0 Å². The molecule has 1 aromatic heterocycles. The number of para-hydroxylation sites is 1. The van der Waals surface area contributed by atoms with Gasteiger partial charge in [0.05, 0.1) is 26.5 Å². The minimum Gasteiger partial charge on any atom is -0.497 e. The molecule has 9 heteroatoms. The number of rotatable bonds is 8. The molecule has 39 heavy (non-hydrogen) atoms. The topological polar surface area (TPSA) is 85.7 Å². The van der Waals surface area contributed by atoms with Gasteiger partial charge in [0.1, 0.15) is 22.7 Å². The highest BCUT2D eigenvalue weighted by Crippen LogP contribution is 2.36. The third-order valence-corrected chi connectivity index (χ3v) is 7.70. The number of fused-ring (bicyclic) bond motifs is 1. The molecule has 0 unspecified atom stereocenters. The van der Waals surface area contributed by atoms with Gasteiger partial charge in [-0.3, -0.25) is 19.2 Å². The van der Waals surface area contributed by atoms with Crippen molar-refractivity contribution in [3.05, 3.63) is 90.1 Å². The number of benzene rings is 3. The van der Waals surface area contributed by atoms with E-state index >= 15 is 0 Å². The van der Waals surface area contributed by atoms with Crippen molar-refractivity contribution in [2.45, 2.75) is 30.4 Å². The molecule has 0 saturated heterocycles. The van der Waals surface area contributed by atoms with Crippen molar-refractivity contribution in [3.8, 4) is 22.8 Å². The summed E-state index contributed by atoms with van der Waals surface area (Å²) in [5, 5.41) is 7.78. The fourth-order valence-electron chi connectivity index (χ4n) is 4.85. The summed E-state index contributed by atoms with van der Waals surface area (Å²) in [5.41, 5.74) is 2.18. The van der Waals surface area contributed by atoms with Crippen molar-refractivity contribution in [2.75, 3.05) is 25.4 Å². The lowest BCUT2D eigenvalue weighted by Crippen LogP contribution is -2.64. The number of carbonyl (C=O) groups is 2. The van der Waals surface area contributed by atoms with Gasteiger partial charge >= 0.3 is 0 Å². The van der Waals surface area contributed by atoms with E-state index in [4.69, 9.17) is 14.6 Å². The van der Waals surface area contributed by atoms with Crippen LogP contribution in [-0.2, 0) is 17.9 Å². The molecule has 0 fully saturated rings. The zero-order valence-corrected chi connectivity index (χ0v) is 23.1. The summed E-state index contributed by atoms with van der Waals surface area (Å²) in [5.74, 6) is 0.841. The molecule has 0 spiro atoms. The van der Waals surface area contributed by atoms with E-state index in [0.717, 1.165) is 21.8 Å². The maximum Gasteiger partial charge on any atom is 0.277 e. The quantitative estimate of drug-likeness (QED) is 0.315. The molecule has 3 aromatic carbocycles. The molecule has 2 amide bonds. The van der Waals surface area contributed by atoms with Crippen LogP contribution in [0.3, 0.4) is 0 Å². The summed E-state index contributed by atoms with van der Waals surface area (Å²) in [6, 6.07) is 24.5. The molecule has 5 rings (SSSR count). The van der Waals surface area contributed by atoms with Gasteiger partial charge in [0.15, 0.2) is 0 Å². The summed E-state index contributed by atoms with van der Waals surface area (Å²) >= 11 is 1.58. The Balaban J connectivity index is 1.54. The van der Waals surface area contributed by atoms with E-state index in [0.29, 0.717) is 22.8 Å². The van der Waals surface area contributed by atoms with Crippen LogP contribution in [0.25, 0.3) is 11.3 Å². The molecule has 1 aliphatic rings. The predicted molar refractivity (Wildman–Crippen MR) is 152 cm³/mol. The monoisotopic (exact) mass is 542 g/mol. The van der Waals surface area contributed by atoms with Gasteiger partial charge in [-0.15, -0.1) is 11.8 Å². The highest BCUT2D eigenvalue weighted by Gasteiger charge is 2.49. The maximum atomic E-state index is 14.1. The molecule has 0 aliphatic carbocycles. The number of nitrogens with zero attached hydrogens (tertiary/aromatic N) is 3. The van der Waals surface area contributed by atoms with Crippen LogP contribution in [0.1, 0.15) is 23.0 Å². The molecule has 1 N–H and O–H groups in total. The zero-order chi connectivity index (χ0) is 27.6. The Labute approximate surface area is 231 Å². The molecule has 0 bridgehead atoms. The first-order valence-electron chi connectivity index (χ1n) is 12.5. The number of nitrogens with one attached hydrogen (secondary N) is 1. The van der Waals surface area contributed by atoms with Gasteiger partial charge < -0.3 is 14.8 Å². The lowest BCUT2D eigenvalue weighted by Gasteiger charge is -2.43. The van der Waals surface area contributed by atoms with Crippen LogP contribution >= 0.6 is 11.8 Å². The highest BCUT2D eigenvalue weighted by molar-refractivity contribution is 7.98. The van der Waals surface area contributed by atoms with Gasteiger partial charge in [-0.1, -0.05) is 24.3 Å². The number of carbonyl (C=O) groups excluding carboxylic acids is 2. The summed E-state index contributed by atoms with van der Waals surface area (Å²) in [4.78, 5) is 30.6. The number of ether oxygens (including phenoxy) is 2. The SMILES string of the molecule is COc1ccc(-c2cc3n(n2)C[C@@](C)(C(=O)NCc2ccccc2OC)N(c2cccc(SC)c2)C3=O)cc1. The minimum absolute atomic E-state index is 0.186. The number of thioether (sulfide) groups is 1. The summed E-state index contributed by atoms with van der Waals surface area (Å²) in [6.07, 6.45) is 1.98. The van der Waals surface area contributed by atoms with Crippen LogP contribution in [-0.4, -0.2) is 47.6 Å². The van der Waals surface area contributed by atoms with Gasteiger partial charge in [-0.05, 0) is 67.8 Å². The van der Waals surface area contributed by atoms with Gasteiger partial charge in [-0.2, -0.15) is 5.10 Å². The van der Waals surface area contributed by atoms with E-state index in [2.05, 4.69) is 5.32 Å². The van der Waals surface area contributed by atoms with Crippen molar-refractivity contribution in [1.82, 2.24) is 15.1 Å². The van der Waals surface area contributed by atoms with E-state index in [1.54, 1.807) is 48.6 Å². The molecular weight excluding hydrogens is 512 g/mol. The van der Waals surface area contributed by atoms with Gasteiger partial charge in [0, 0.05) is 28.3 Å². The molecule has 0 radical (unpaired) electrons. The maximum absolute atomic E-state index is 14.1. The first-order chi connectivity index (χ1) is 18.9. The molecule has 0 saturated carbocycles. The second-order valence-corrected chi connectivity index (χ2v) is 10.3. The Hall–Kier alpha value is -4.24. The molecule has 1 aliphatic heterocycles. The second kappa shape index (κ2) is 10.9. The first-order valence-corrected chi connectivity index (χ1v) is 13.7. The Morgan fingerprint density at radius 2 is 1.79 bits per heavy atom. The smallest absolute Gasteiger partial charge is 0.277 e. The number of amides is 2. The summed E-state index contributed by atoms with van der Waals surface area (Å²) in [7, 11) is 3.21. The minimum atomic E-state index is -1.24. The average Bonchev–Trinajstić information content (AvgIpc) is 3.40. The fourth-order valence-corrected chi connectivity index (χ4v) is 5.31. The van der Waals surface area contributed by atoms with Crippen LogP contribution in [0, 0.1) is 0 Å². The predicted octanol–water partition coefficient (Wildman–Crippen LogP) is 5.02. The normalized spacial score (nSPS) is 16.5. The molecular formula is C30H30N4O4S. The van der Waals surface area contributed by atoms with Crippen molar-refractivity contribution < 1.29 is 19.1 Å². The Morgan fingerprint density at radius 1 is 1.03 bits per heavy atom. The van der Waals surface area contributed by atoms with E-state index in [-0.39, 0.29) is 24.9 Å². The fraction of sp³-hybridized carbons (Fsp3) is 0.233. The Bertz CT molecular complexity index is 1520. The van der Waals surface area contributed by atoms with Gasteiger partial charge in [0.25, 0.3) is 5.91 Å². The number of methoxy groups -OCH3 is 2. The summed E-state index contributed by atoms with van der Waals surface area (Å²) in [6.45, 7) is 2.23. The van der Waals surface area contributed by atoms with E-state index in [1.807, 2.05) is 79.1 Å². The third-order valence-electron chi connectivity index (χ3n) is 6.97. The standard InChI is InChI=1S/C30H30N4O4S/c1-30(29(36)31-18-21-8-5-6-11-27(21)38-3)19-33-26(17-25(32-33)20-12-14-23(37-2)15-13-20)28(35)34(30)22-9-7-10-24(16-22)39-4/h5-17H,18-19H2,1-4H3,(H,31,36)/t30-/m0/s1. The second-order valence-electron chi connectivity index (χ2n) is 9.41. The molecule has 4 aromatic rings. The van der Waals surface area contributed by atoms with E-state index in [9.17, 15) is 9.59 Å². The van der Waals surface area contributed by atoms with Crippen LogP contribution < -0.4 is 19.7 Å². The Kier molecular flexibility index (Phi) is 7.34. The number of hydrogen-bond acceptors (Lipinski definition) is 6. The van der Waals surface area contributed by atoms with Crippen LogP contribution in [0.5, 0.6) is 11.5 Å². The number of hydrogen-bond donors (Lipinski definition) is 1. The molecule has 200 valence electrons. The third kappa shape index (κ3) is 4.97. The van der Waals surface area contributed by atoms with Crippen LogP contribution in [0.15, 0.2) is 83.8 Å². The zero-order valence-electron chi connectivity index (χ0n) is 22.3.